The fourth-order valence-corrected chi connectivity index (χ4v) is 2.84. The summed E-state index contributed by atoms with van der Waals surface area (Å²) in [5.74, 6) is 2.48. The zero-order valence-electron chi connectivity index (χ0n) is 16.0. The van der Waals surface area contributed by atoms with Gasteiger partial charge in [0.1, 0.15) is 11.6 Å². The number of ether oxygens (including phenoxy) is 1. The minimum absolute atomic E-state index is 0.494. The lowest BCUT2D eigenvalue weighted by Gasteiger charge is -2.11. The number of aromatic nitrogens is 3. The quantitative estimate of drug-likeness (QED) is 0.470. The van der Waals surface area contributed by atoms with Crippen molar-refractivity contribution in [1.29, 1.82) is 0 Å². The lowest BCUT2D eigenvalue weighted by molar-refractivity contribution is 0.414. The Labute approximate surface area is 169 Å². The third kappa shape index (κ3) is 5.07. The first kappa shape index (κ1) is 18.4. The Hall–Kier alpha value is -3.93. The number of hydrogen-bond acceptors (Lipinski definition) is 6. The minimum atomic E-state index is 0.494. The van der Waals surface area contributed by atoms with Gasteiger partial charge in [-0.1, -0.05) is 48.5 Å². The van der Waals surface area contributed by atoms with Crippen LogP contribution < -0.4 is 15.4 Å². The molecule has 0 aliphatic rings. The van der Waals surface area contributed by atoms with E-state index in [1.807, 2.05) is 84.9 Å². The Balaban J connectivity index is 1.62. The molecule has 0 spiro atoms. The molecule has 2 N–H and O–H groups in total. The monoisotopic (exact) mass is 383 g/mol. The normalized spacial score (nSPS) is 10.4. The maximum absolute atomic E-state index is 5.23. The molecule has 144 valence electrons. The summed E-state index contributed by atoms with van der Waals surface area (Å²) in [7, 11) is 1.66. The zero-order chi connectivity index (χ0) is 19.9. The largest absolute Gasteiger partial charge is 0.497 e. The van der Waals surface area contributed by atoms with Gasteiger partial charge in [0, 0.05) is 17.8 Å². The molecule has 0 aliphatic carbocycles. The van der Waals surface area contributed by atoms with E-state index in [1.54, 1.807) is 7.11 Å². The second-order valence-corrected chi connectivity index (χ2v) is 6.41. The smallest absolute Gasteiger partial charge is 0.232 e. The van der Waals surface area contributed by atoms with Gasteiger partial charge in [0.05, 0.1) is 7.11 Å². The molecule has 0 fully saturated rings. The van der Waals surface area contributed by atoms with Crippen LogP contribution >= 0.6 is 0 Å². The molecule has 0 unspecified atom stereocenters. The number of para-hydroxylation sites is 2. The van der Waals surface area contributed by atoms with Gasteiger partial charge in [-0.2, -0.15) is 15.0 Å². The number of nitrogens with one attached hydrogen (secondary N) is 2. The average molecular weight is 383 g/mol. The van der Waals surface area contributed by atoms with Gasteiger partial charge in [-0.15, -0.1) is 0 Å². The number of anilines is 4. The summed E-state index contributed by atoms with van der Waals surface area (Å²) in [6.45, 7) is 0. The van der Waals surface area contributed by atoms with Gasteiger partial charge in [0.15, 0.2) is 0 Å². The van der Waals surface area contributed by atoms with Crippen LogP contribution in [0.15, 0.2) is 84.9 Å². The Morgan fingerprint density at radius 3 is 1.66 bits per heavy atom. The average Bonchev–Trinajstić information content (AvgIpc) is 2.76. The van der Waals surface area contributed by atoms with Crippen molar-refractivity contribution in [2.24, 2.45) is 0 Å². The molecule has 0 saturated heterocycles. The third-order valence-electron chi connectivity index (χ3n) is 4.26. The van der Waals surface area contributed by atoms with Gasteiger partial charge in [-0.05, 0) is 42.0 Å². The van der Waals surface area contributed by atoms with Crippen LogP contribution in [0.25, 0.3) is 0 Å². The first-order valence-electron chi connectivity index (χ1n) is 9.30. The maximum Gasteiger partial charge on any atom is 0.232 e. The fraction of sp³-hybridized carbons (Fsp3) is 0.0870. The van der Waals surface area contributed by atoms with Crippen LogP contribution in [0.2, 0.25) is 0 Å². The van der Waals surface area contributed by atoms with Gasteiger partial charge >= 0.3 is 0 Å². The van der Waals surface area contributed by atoms with E-state index < -0.39 is 0 Å². The van der Waals surface area contributed by atoms with Crippen molar-refractivity contribution >= 4 is 23.3 Å². The van der Waals surface area contributed by atoms with E-state index in [2.05, 4.69) is 25.6 Å². The molecule has 6 heteroatoms. The first-order valence-corrected chi connectivity index (χ1v) is 9.30. The minimum Gasteiger partial charge on any atom is -0.497 e. The molecule has 29 heavy (non-hydrogen) atoms. The number of rotatable bonds is 7. The Kier molecular flexibility index (Phi) is 5.62. The highest BCUT2D eigenvalue weighted by atomic mass is 16.5. The van der Waals surface area contributed by atoms with E-state index in [-0.39, 0.29) is 0 Å². The van der Waals surface area contributed by atoms with Gasteiger partial charge in [-0.25, -0.2) is 0 Å². The topological polar surface area (TPSA) is 72.0 Å². The molecule has 1 heterocycles. The molecule has 0 amide bonds. The summed E-state index contributed by atoms with van der Waals surface area (Å²) >= 11 is 0. The van der Waals surface area contributed by atoms with Crippen LogP contribution in [0.5, 0.6) is 5.75 Å². The molecule has 0 saturated carbocycles. The molecular formula is C23H21N5O. The van der Waals surface area contributed by atoms with E-state index in [0.29, 0.717) is 24.1 Å². The van der Waals surface area contributed by atoms with Crippen molar-refractivity contribution in [2.45, 2.75) is 6.42 Å². The highest BCUT2D eigenvalue weighted by Crippen LogP contribution is 2.19. The first-order chi connectivity index (χ1) is 14.3. The van der Waals surface area contributed by atoms with Crippen LogP contribution in [0.4, 0.5) is 23.3 Å². The summed E-state index contributed by atoms with van der Waals surface area (Å²) in [5, 5.41) is 6.50. The molecule has 1 aromatic heterocycles. The number of nitrogens with zero attached hydrogens (tertiary/aromatic N) is 3. The third-order valence-corrected chi connectivity index (χ3v) is 4.26. The SMILES string of the molecule is COc1ccc(Cc2nc(Nc3ccccc3)nc(Nc3ccccc3)n2)cc1. The van der Waals surface area contributed by atoms with Gasteiger partial charge in [0.2, 0.25) is 11.9 Å². The molecule has 4 aromatic rings. The summed E-state index contributed by atoms with van der Waals surface area (Å²) in [6, 6.07) is 27.6. The fourth-order valence-electron chi connectivity index (χ4n) is 2.84. The predicted octanol–water partition coefficient (Wildman–Crippen LogP) is 4.96. The number of benzene rings is 3. The molecule has 0 atom stereocenters. The Morgan fingerprint density at radius 1 is 0.655 bits per heavy atom. The molecule has 0 bridgehead atoms. The standard InChI is InChI=1S/C23H21N5O/c1-29-20-14-12-17(13-15-20)16-21-26-22(24-18-8-4-2-5-9-18)28-23(27-21)25-19-10-6-3-7-11-19/h2-15H,16H2,1H3,(H2,24,25,26,27,28). The number of methoxy groups -OCH3 is 1. The summed E-state index contributed by atoms with van der Waals surface area (Å²) < 4.78 is 5.23. The van der Waals surface area contributed by atoms with Crippen molar-refractivity contribution < 1.29 is 4.74 Å². The van der Waals surface area contributed by atoms with Gasteiger partial charge in [0.25, 0.3) is 0 Å². The number of hydrogen-bond donors (Lipinski definition) is 2. The summed E-state index contributed by atoms with van der Waals surface area (Å²) in [4.78, 5) is 13.7. The maximum atomic E-state index is 5.23. The van der Waals surface area contributed by atoms with Crippen LogP contribution in [0.3, 0.4) is 0 Å². The van der Waals surface area contributed by atoms with Crippen molar-refractivity contribution in [3.05, 3.63) is 96.3 Å². The van der Waals surface area contributed by atoms with Crippen molar-refractivity contribution in [3.8, 4) is 5.75 Å². The zero-order valence-corrected chi connectivity index (χ0v) is 16.0. The predicted molar refractivity (Wildman–Crippen MR) is 115 cm³/mol. The highest BCUT2D eigenvalue weighted by Gasteiger charge is 2.09. The second kappa shape index (κ2) is 8.84. The van der Waals surface area contributed by atoms with E-state index in [4.69, 9.17) is 4.74 Å². The molecular weight excluding hydrogens is 362 g/mol. The second-order valence-electron chi connectivity index (χ2n) is 6.41. The van der Waals surface area contributed by atoms with E-state index in [1.165, 1.54) is 0 Å². The lowest BCUT2D eigenvalue weighted by atomic mass is 10.1. The molecule has 3 aromatic carbocycles. The lowest BCUT2D eigenvalue weighted by Crippen LogP contribution is -2.08. The van der Waals surface area contributed by atoms with Crippen LogP contribution in [-0.2, 0) is 6.42 Å². The van der Waals surface area contributed by atoms with E-state index >= 15 is 0 Å². The van der Waals surface area contributed by atoms with Crippen molar-refractivity contribution in [2.75, 3.05) is 17.7 Å². The van der Waals surface area contributed by atoms with E-state index in [0.717, 1.165) is 22.7 Å². The van der Waals surface area contributed by atoms with Crippen LogP contribution in [0.1, 0.15) is 11.4 Å². The highest BCUT2D eigenvalue weighted by molar-refractivity contribution is 5.57. The van der Waals surface area contributed by atoms with Crippen molar-refractivity contribution in [1.82, 2.24) is 15.0 Å². The summed E-state index contributed by atoms with van der Waals surface area (Å²) in [6.07, 6.45) is 0.583. The molecule has 4 rings (SSSR count). The molecule has 0 aliphatic heterocycles. The van der Waals surface area contributed by atoms with Gasteiger partial charge < -0.3 is 15.4 Å². The van der Waals surface area contributed by atoms with Gasteiger partial charge in [-0.3, -0.25) is 0 Å². The van der Waals surface area contributed by atoms with Crippen LogP contribution in [-0.4, -0.2) is 22.1 Å². The van der Waals surface area contributed by atoms with E-state index in [9.17, 15) is 0 Å². The Bertz CT molecular complexity index is 994. The molecule has 6 nitrogen and oxygen atoms in total. The molecule has 0 radical (unpaired) electrons. The Morgan fingerprint density at radius 2 is 1.17 bits per heavy atom. The van der Waals surface area contributed by atoms with Crippen LogP contribution in [0, 0.1) is 0 Å². The van der Waals surface area contributed by atoms with Crippen molar-refractivity contribution in [3.63, 3.8) is 0 Å². The summed E-state index contributed by atoms with van der Waals surface area (Å²) in [5.41, 5.74) is 2.92.